The van der Waals surface area contributed by atoms with Gasteiger partial charge in [-0.05, 0) is 36.6 Å². The van der Waals surface area contributed by atoms with Gasteiger partial charge in [-0.2, -0.15) is 0 Å². The third kappa shape index (κ3) is 3.27. The molecule has 1 fully saturated rings. The minimum absolute atomic E-state index is 0.0140. The monoisotopic (exact) mass is 344 g/mol. The molecule has 0 saturated heterocycles. The van der Waals surface area contributed by atoms with Gasteiger partial charge in [0, 0.05) is 22.7 Å². The molecule has 0 radical (unpaired) electrons. The molecule has 3 nitrogen and oxygen atoms in total. The van der Waals surface area contributed by atoms with Gasteiger partial charge < -0.3 is 10.6 Å². The fourth-order valence-electron chi connectivity index (χ4n) is 2.40. The van der Waals surface area contributed by atoms with Gasteiger partial charge in [-0.25, -0.2) is 0 Å². The summed E-state index contributed by atoms with van der Waals surface area (Å²) in [6.45, 7) is 0.635. The van der Waals surface area contributed by atoms with Crippen LogP contribution in [0.4, 0.5) is 5.69 Å². The van der Waals surface area contributed by atoms with Crippen LogP contribution in [0.5, 0.6) is 0 Å². The summed E-state index contributed by atoms with van der Waals surface area (Å²) in [4.78, 5) is 14.8. The molecule has 0 heterocycles. The molecule has 1 amide bonds. The highest BCUT2D eigenvalue weighted by atomic mass is 79.9. The van der Waals surface area contributed by atoms with Crippen LogP contribution in [0.2, 0.25) is 0 Å². The van der Waals surface area contributed by atoms with E-state index in [1.54, 1.807) is 12.1 Å². The van der Waals surface area contributed by atoms with Crippen LogP contribution in [-0.4, -0.2) is 16.8 Å². The number of anilines is 1. The number of halogens is 1. The highest BCUT2D eigenvalue weighted by molar-refractivity contribution is 9.10. The van der Waals surface area contributed by atoms with E-state index in [9.17, 15) is 4.79 Å². The van der Waals surface area contributed by atoms with Crippen molar-refractivity contribution in [3.8, 4) is 0 Å². The number of hydrogen-bond donors (Lipinski definition) is 1. The van der Waals surface area contributed by atoms with Gasteiger partial charge >= 0.3 is 0 Å². The van der Waals surface area contributed by atoms with E-state index in [4.69, 9.17) is 5.73 Å². The van der Waals surface area contributed by atoms with E-state index in [0.717, 1.165) is 22.9 Å². The minimum Gasteiger partial charge on any atom is -0.398 e. The first-order valence-corrected chi connectivity index (χ1v) is 7.84. The number of carbonyl (C=O) groups excluding carboxylic acids is 1. The number of nitrogens with two attached hydrogens (primary N) is 1. The Morgan fingerprint density at radius 3 is 2.57 bits per heavy atom. The number of nitrogen functional groups attached to an aromatic ring is 1. The Balaban J connectivity index is 1.87. The van der Waals surface area contributed by atoms with Crippen LogP contribution in [0, 0.1) is 0 Å². The lowest BCUT2D eigenvalue weighted by Gasteiger charge is -2.23. The molecule has 0 spiro atoms. The molecule has 1 aliphatic carbocycles. The number of amides is 1. The van der Waals surface area contributed by atoms with Crippen molar-refractivity contribution in [1.82, 2.24) is 4.90 Å². The van der Waals surface area contributed by atoms with Crippen molar-refractivity contribution < 1.29 is 4.79 Å². The smallest absolute Gasteiger partial charge is 0.256 e. The molecule has 2 aromatic carbocycles. The van der Waals surface area contributed by atoms with Gasteiger partial charge in [0.25, 0.3) is 5.91 Å². The fraction of sp³-hybridized carbons (Fsp3) is 0.235. The summed E-state index contributed by atoms with van der Waals surface area (Å²) in [7, 11) is 0. The average Bonchev–Trinajstić information content (AvgIpc) is 3.32. The molecule has 2 N–H and O–H groups in total. The summed E-state index contributed by atoms with van der Waals surface area (Å²) in [6, 6.07) is 15.8. The van der Waals surface area contributed by atoms with Crippen molar-refractivity contribution in [3.63, 3.8) is 0 Å². The standard InChI is InChI=1S/C17H17BrN2O/c18-13-6-9-16(19)15(10-13)17(21)20(14-7-8-14)11-12-4-2-1-3-5-12/h1-6,9-10,14H,7-8,11,19H2. The molecule has 1 aliphatic rings. The Morgan fingerprint density at radius 2 is 1.90 bits per heavy atom. The van der Waals surface area contributed by atoms with Crippen LogP contribution in [-0.2, 0) is 6.54 Å². The highest BCUT2D eigenvalue weighted by Gasteiger charge is 2.33. The predicted molar refractivity (Wildman–Crippen MR) is 87.9 cm³/mol. The molecule has 108 valence electrons. The number of hydrogen-bond acceptors (Lipinski definition) is 2. The molecular formula is C17H17BrN2O. The summed E-state index contributed by atoms with van der Waals surface area (Å²) in [5.41, 5.74) is 8.22. The zero-order valence-electron chi connectivity index (χ0n) is 11.6. The molecule has 3 rings (SSSR count). The van der Waals surface area contributed by atoms with E-state index >= 15 is 0 Å². The van der Waals surface area contributed by atoms with Gasteiger partial charge in [0.15, 0.2) is 0 Å². The Labute approximate surface area is 132 Å². The maximum absolute atomic E-state index is 12.8. The van der Waals surface area contributed by atoms with Crippen LogP contribution in [0.25, 0.3) is 0 Å². The van der Waals surface area contributed by atoms with Crippen molar-refractivity contribution in [1.29, 1.82) is 0 Å². The molecule has 0 bridgehead atoms. The molecule has 0 unspecified atom stereocenters. The molecule has 0 aliphatic heterocycles. The van der Waals surface area contributed by atoms with Gasteiger partial charge in [0.2, 0.25) is 0 Å². The average molecular weight is 345 g/mol. The molecule has 21 heavy (non-hydrogen) atoms. The quantitative estimate of drug-likeness (QED) is 0.856. The molecule has 0 atom stereocenters. The van der Waals surface area contributed by atoms with Crippen LogP contribution >= 0.6 is 15.9 Å². The lowest BCUT2D eigenvalue weighted by molar-refractivity contribution is 0.0731. The summed E-state index contributed by atoms with van der Waals surface area (Å²) >= 11 is 3.41. The van der Waals surface area contributed by atoms with Crippen LogP contribution in [0.15, 0.2) is 53.0 Å². The number of carbonyl (C=O) groups is 1. The number of benzene rings is 2. The second-order valence-electron chi connectivity index (χ2n) is 5.38. The Morgan fingerprint density at radius 1 is 1.19 bits per heavy atom. The van der Waals surface area contributed by atoms with Gasteiger partial charge in [0.05, 0.1) is 5.56 Å². The lowest BCUT2D eigenvalue weighted by atomic mass is 10.1. The minimum atomic E-state index is 0.0140. The lowest BCUT2D eigenvalue weighted by Crippen LogP contribution is -2.33. The Bertz CT molecular complexity index is 653. The first-order chi connectivity index (χ1) is 10.1. The first-order valence-electron chi connectivity index (χ1n) is 7.05. The van der Waals surface area contributed by atoms with E-state index in [1.807, 2.05) is 41.3 Å². The summed E-state index contributed by atoms with van der Waals surface area (Å²) in [5.74, 6) is 0.0140. The maximum Gasteiger partial charge on any atom is 0.256 e. The molecule has 4 heteroatoms. The summed E-state index contributed by atoms with van der Waals surface area (Å²) < 4.78 is 0.871. The second kappa shape index (κ2) is 5.90. The topological polar surface area (TPSA) is 46.3 Å². The zero-order chi connectivity index (χ0) is 14.8. The molecular weight excluding hydrogens is 328 g/mol. The van der Waals surface area contributed by atoms with Gasteiger partial charge in [-0.3, -0.25) is 4.79 Å². The van der Waals surface area contributed by atoms with Crippen LogP contribution < -0.4 is 5.73 Å². The van der Waals surface area contributed by atoms with Crippen molar-refractivity contribution in [2.75, 3.05) is 5.73 Å². The summed E-state index contributed by atoms with van der Waals surface area (Å²) in [6.07, 6.45) is 2.15. The van der Waals surface area contributed by atoms with Crippen molar-refractivity contribution in [3.05, 3.63) is 64.1 Å². The van der Waals surface area contributed by atoms with E-state index in [2.05, 4.69) is 15.9 Å². The molecule has 2 aromatic rings. The van der Waals surface area contributed by atoms with E-state index < -0.39 is 0 Å². The SMILES string of the molecule is Nc1ccc(Br)cc1C(=O)N(Cc1ccccc1)C1CC1. The van der Waals surface area contributed by atoms with Crippen molar-refractivity contribution in [2.45, 2.75) is 25.4 Å². The molecule has 1 saturated carbocycles. The van der Waals surface area contributed by atoms with Crippen molar-refractivity contribution in [2.24, 2.45) is 0 Å². The fourth-order valence-corrected chi connectivity index (χ4v) is 2.76. The van der Waals surface area contributed by atoms with Crippen LogP contribution in [0.1, 0.15) is 28.8 Å². The van der Waals surface area contributed by atoms with Gasteiger partial charge in [0.1, 0.15) is 0 Å². The van der Waals surface area contributed by atoms with Gasteiger partial charge in [-0.1, -0.05) is 46.3 Å². The second-order valence-corrected chi connectivity index (χ2v) is 6.30. The number of nitrogens with zero attached hydrogens (tertiary/aromatic N) is 1. The normalized spacial score (nSPS) is 14.0. The molecule has 0 aromatic heterocycles. The largest absolute Gasteiger partial charge is 0.398 e. The van der Waals surface area contributed by atoms with Crippen LogP contribution in [0.3, 0.4) is 0 Å². The maximum atomic E-state index is 12.8. The first kappa shape index (κ1) is 14.1. The highest BCUT2D eigenvalue weighted by Crippen LogP contribution is 2.31. The predicted octanol–water partition coefficient (Wildman–Crippen LogP) is 3.84. The third-order valence-electron chi connectivity index (χ3n) is 3.69. The Kier molecular flexibility index (Phi) is 3.97. The van der Waals surface area contributed by atoms with E-state index in [0.29, 0.717) is 23.8 Å². The van der Waals surface area contributed by atoms with Gasteiger partial charge in [-0.15, -0.1) is 0 Å². The Hall–Kier alpha value is -1.81. The van der Waals surface area contributed by atoms with Crippen molar-refractivity contribution >= 4 is 27.5 Å². The third-order valence-corrected chi connectivity index (χ3v) is 4.18. The zero-order valence-corrected chi connectivity index (χ0v) is 13.2. The van der Waals surface area contributed by atoms with E-state index in [-0.39, 0.29) is 5.91 Å². The summed E-state index contributed by atoms with van der Waals surface area (Å²) in [5, 5.41) is 0. The number of rotatable bonds is 4. The van der Waals surface area contributed by atoms with E-state index in [1.165, 1.54) is 0 Å².